The maximum atomic E-state index is 12.3. The lowest BCUT2D eigenvalue weighted by Gasteiger charge is -2.35. The first-order valence-electron chi connectivity index (χ1n) is 9.97. The predicted octanol–water partition coefficient (Wildman–Crippen LogP) is 2.37. The number of rotatable bonds is 6. The van der Waals surface area contributed by atoms with E-state index in [2.05, 4.69) is 31.2 Å². The molecule has 0 saturated carbocycles. The third-order valence-corrected chi connectivity index (χ3v) is 6.09. The van der Waals surface area contributed by atoms with Crippen LogP contribution >= 0.6 is 15.9 Å². The van der Waals surface area contributed by atoms with E-state index in [9.17, 15) is 9.59 Å². The monoisotopic (exact) mass is 448 g/mol. The van der Waals surface area contributed by atoms with Gasteiger partial charge in [0.1, 0.15) is 0 Å². The molecule has 1 aliphatic carbocycles. The molecule has 0 bridgehead atoms. The molecule has 7 nitrogen and oxygen atoms in total. The molecule has 8 heteroatoms. The van der Waals surface area contributed by atoms with Crippen molar-refractivity contribution < 1.29 is 9.21 Å². The Kier molecular flexibility index (Phi) is 5.96. The standard InChI is InChI=1S/C20H25BrN4O3/c21-18-8-7-17(28-18)20(27)22-13-15-5-1-2-9-24(15)10-11-25-19(26)12-14-4-3-6-16(14)23-25/h7-8,12,15H,1-6,9-11,13H2,(H,22,27). The lowest BCUT2D eigenvalue weighted by molar-refractivity contribution is 0.0881. The van der Waals surface area contributed by atoms with Crippen molar-refractivity contribution in [1.29, 1.82) is 0 Å². The van der Waals surface area contributed by atoms with Gasteiger partial charge in [-0.1, -0.05) is 6.42 Å². The first-order valence-corrected chi connectivity index (χ1v) is 10.8. The van der Waals surface area contributed by atoms with E-state index in [4.69, 9.17) is 4.42 Å². The van der Waals surface area contributed by atoms with Gasteiger partial charge in [0.15, 0.2) is 10.4 Å². The average Bonchev–Trinajstić information content (AvgIpc) is 3.33. The molecule has 1 unspecified atom stereocenters. The van der Waals surface area contributed by atoms with E-state index < -0.39 is 0 Å². The van der Waals surface area contributed by atoms with Crippen molar-refractivity contribution in [2.24, 2.45) is 0 Å². The number of nitrogens with zero attached hydrogens (tertiary/aromatic N) is 3. The maximum Gasteiger partial charge on any atom is 0.287 e. The number of carbonyl (C=O) groups is 1. The van der Waals surface area contributed by atoms with Gasteiger partial charge in [0.25, 0.3) is 11.5 Å². The van der Waals surface area contributed by atoms with Gasteiger partial charge in [0.2, 0.25) is 0 Å². The molecule has 1 amide bonds. The molecule has 2 aromatic heterocycles. The van der Waals surface area contributed by atoms with Gasteiger partial charge in [-0.15, -0.1) is 0 Å². The van der Waals surface area contributed by atoms with Crippen molar-refractivity contribution in [1.82, 2.24) is 20.0 Å². The minimum absolute atomic E-state index is 0.00842. The van der Waals surface area contributed by atoms with Crippen molar-refractivity contribution in [2.75, 3.05) is 19.6 Å². The quantitative estimate of drug-likeness (QED) is 0.733. The smallest absolute Gasteiger partial charge is 0.287 e. The number of amides is 1. The number of fused-ring (bicyclic) bond motifs is 1. The van der Waals surface area contributed by atoms with Gasteiger partial charge < -0.3 is 9.73 Å². The van der Waals surface area contributed by atoms with Gasteiger partial charge in [0.05, 0.1) is 12.2 Å². The molecule has 2 aliphatic rings. The van der Waals surface area contributed by atoms with Crippen molar-refractivity contribution in [3.63, 3.8) is 0 Å². The molecule has 0 spiro atoms. The molecule has 0 radical (unpaired) electrons. The lowest BCUT2D eigenvalue weighted by atomic mass is 10.0. The predicted molar refractivity (Wildman–Crippen MR) is 108 cm³/mol. The normalized spacial score (nSPS) is 19.5. The Labute approximate surface area is 172 Å². The van der Waals surface area contributed by atoms with Gasteiger partial charge in [-0.2, -0.15) is 5.10 Å². The van der Waals surface area contributed by atoms with E-state index in [0.717, 1.165) is 62.9 Å². The number of nitrogens with one attached hydrogen (secondary N) is 1. The highest BCUT2D eigenvalue weighted by Crippen LogP contribution is 2.19. The van der Waals surface area contributed by atoms with Crippen molar-refractivity contribution in [3.05, 3.63) is 50.2 Å². The van der Waals surface area contributed by atoms with E-state index >= 15 is 0 Å². The molecule has 3 heterocycles. The number of aryl methyl sites for hydroxylation is 2. The van der Waals surface area contributed by atoms with Gasteiger partial charge in [0, 0.05) is 25.2 Å². The van der Waals surface area contributed by atoms with E-state index in [1.54, 1.807) is 22.9 Å². The Morgan fingerprint density at radius 1 is 1.25 bits per heavy atom. The highest BCUT2D eigenvalue weighted by atomic mass is 79.9. The highest BCUT2D eigenvalue weighted by molar-refractivity contribution is 9.10. The van der Waals surface area contributed by atoms with Crippen LogP contribution in [-0.4, -0.2) is 46.3 Å². The van der Waals surface area contributed by atoms with E-state index in [1.807, 2.05) is 0 Å². The molecule has 28 heavy (non-hydrogen) atoms. The van der Waals surface area contributed by atoms with Crippen LogP contribution in [0.4, 0.5) is 0 Å². The van der Waals surface area contributed by atoms with Gasteiger partial charge in [-0.3, -0.25) is 14.5 Å². The highest BCUT2D eigenvalue weighted by Gasteiger charge is 2.24. The van der Waals surface area contributed by atoms with Crippen LogP contribution in [0.3, 0.4) is 0 Å². The Morgan fingerprint density at radius 3 is 2.96 bits per heavy atom. The number of furan rings is 1. The molecule has 1 atom stereocenters. The lowest BCUT2D eigenvalue weighted by Crippen LogP contribution is -2.48. The minimum atomic E-state index is -0.201. The van der Waals surface area contributed by atoms with Gasteiger partial charge >= 0.3 is 0 Å². The van der Waals surface area contributed by atoms with Crippen molar-refractivity contribution >= 4 is 21.8 Å². The molecule has 2 aromatic rings. The fraction of sp³-hybridized carbons (Fsp3) is 0.550. The zero-order chi connectivity index (χ0) is 19.5. The number of halogens is 1. The third kappa shape index (κ3) is 4.38. The summed E-state index contributed by atoms with van der Waals surface area (Å²) in [6.45, 7) is 2.90. The number of likely N-dealkylation sites (tertiary alicyclic amines) is 1. The molecule has 1 N–H and O–H groups in total. The minimum Gasteiger partial charge on any atom is -0.444 e. The fourth-order valence-corrected chi connectivity index (χ4v) is 4.45. The van der Waals surface area contributed by atoms with Crippen molar-refractivity contribution in [2.45, 2.75) is 51.1 Å². The Balaban J connectivity index is 1.35. The van der Waals surface area contributed by atoms with Crippen LogP contribution < -0.4 is 10.9 Å². The number of hydrogen-bond acceptors (Lipinski definition) is 5. The van der Waals surface area contributed by atoms with Gasteiger partial charge in [-0.25, -0.2) is 4.68 Å². The SMILES string of the molecule is O=C(NCC1CCCCN1CCn1nc2c(cc1=O)CCC2)c1ccc(Br)o1. The molecule has 1 saturated heterocycles. The second-order valence-electron chi connectivity index (χ2n) is 7.53. The number of aromatic nitrogens is 2. The van der Waals surface area contributed by atoms with E-state index in [0.29, 0.717) is 23.5 Å². The summed E-state index contributed by atoms with van der Waals surface area (Å²) < 4.78 is 7.46. The molecule has 4 rings (SSSR count). The van der Waals surface area contributed by atoms with Crippen LogP contribution in [0.15, 0.2) is 32.1 Å². The average molecular weight is 449 g/mol. The molecule has 150 valence electrons. The van der Waals surface area contributed by atoms with Crippen LogP contribution in [0.1, 0.15) is 47.5 Å². The molecule has 0 aromatic carbocycles. The number of piperidine rings is 1. The van der Waals surface area contributed by atoms with Crippen LogP contribution in [0.2, 0.25) is 0 Å². The first kappa shape index (κ1) is 19.4. The molecular weight excluding hydrogens is 424 g/mol. The summed E-state index contributed by atoms with van der Waals surface area (Å²) in [6, 6.07) is 5.39. The second kappa shape index (κ2) is 8.61. The van der Waals surface area contributed by atoms with Crippen LogP contribution in [-0.2, 0) is 19.4 Å². The van der Waals surface area contributed by atoms with E-state index in [1.165, 1.54) is 0 Å². The van der Waals surface area contributed by atoms with Crippen molar-refractivity contribution in [3.8, 4) is 0 Å². The van der Waals surface area contributed by atoms with E-state index in [-0.39, 0.29) is 17.5 Å². The fourth-order valence-electron chi connectivity index (χ4n) is 4.14. The summed E-state index contributed by atoms with van der Waals surface area (Å²) in [5.41, 5.74) is 2.18. The number of hydrogen-bond donors (Lipinski definition) is 1. The summed E-state index contributed by atoms with van der Waals surface area (Å²) in [5, 5.41) is 7.55. The third-order valence-electron chi connectivity index (χ3n) is 5.67. The summed E-state index contributed by atoms with van der Waals surface area (Å²) >= 11 is 3.22. The molecule has 1 aliphatic heterocycles. The number of carbonyl (C=O) groups excluding carboxylic acids is 1. The maximum absolute atomic E-state index is 12.3. The van der Waals surface area contributed by atoms with Crippen LogP contribution in [0, 0.1) is 0 Å². The second-order valence-corrected chi connectivity index (χ2v) is 8.31. The summed E-state index contributed by atoms with van der Waals surface area (Å²) in [4.78, 5) is 26.9. The van der Waals surface area contributed by atoms with Gasteiger partial charge in [-0.05, 0) is 72.3 Å². The first-order chi connectivity index (χ1) is 13.6. The topological polar surface area (TPSA) is 80.4 Å². The Morgan fingerprint density at radius 2 is 2.14 bits per heavy atom. The van der Waals surface area contributed by atoms with Crippen LogP contribution in [0.5, 0.6) is 0 Å². The molecule has 1 fully saturated rings. The Hall–Kier alpha value is -1.93. The zero-order valence-corrected chi connectivity index (χ0v) is 17.4. The zero-order valence-electron chi connectivity index (χ0n) is 15.8. The summed E-state index contributed by atoms with van der Waals surface area (Å²) in [5.74, 6) is 0.107. The summed E-state index contributed by atoms with van der Waals surface area (Å²) in [7, 11) is 0. The summed E-state index contributed by atoms with van der Waals surface area (Å²) in [6.07, 6.45) is 6.36. The molecular formula is C20H25BrN4O3. The Bertz CT molecular complexity index is 907. The van der Waals surface area contributed by atoms with Crippen LogP contribution in [0.25, 0.3) is 0 Å². The largest absolute Gasteiger partial charge is 0.444 e.